The molecule has 3 rings (SSSR count). The third kappa shape index (κ3) is 4.04. The second kappa shape index (κ2) is 8.72. The van der Waals surface area contributed by atoms with Crippen LogP contribution in [0.5, 0.6) is 23.0 Å². The lowest BCUT2D eigenvalue weighted by Crippen LogP contribution is -2.26. The smallest absolute Gasteiger partial charge is 0.231 e. The van der Waals surface area contributed by atoms with Crippen LogP contribution < -0.4 is 18.9 Å². The molecule has 28 heavy (non-hydrogen) atoms. The van der Waals surface area contributed by atoms with Gasteiger partial charge in [0.15, 0.2) is 23.0 Å². The lowest BCUT2D eigenvalue weighted by Gasteiger charge is -2.19. The molecular weight excluding hydrogens is 473 g/mol. The summed E-state index contributed by atoms with van der Waals surface area (Å²) in [4.78, 5) is 14.6. The molecule has 2 aromatic carbocycles. The summed E-state index contributed by atoms with van der Waals surface area (Å²) in [7, 11) is 6.39. The Hall–Kier alpha value is -2.42. The normalized spacial score (nSPS) is 13.0. The standard InChI is InChI=1S/C21H22INO5/c1-25-17-7-13-5-6-23(21(24)10-14(13)8-18(17)26-2)12-15-9-19(27-3)20(28-4)11-16(15)22/h5-9,11H,10,12H2,1-4H3. The van der Waals surface area contributed by atoms with Crippen molar-refractivity contribution in [2.45, 2.75) is 13.0 Å². The highest BCUT2D eigenvalue weighted by Gasteiger charge is 2.21. The average molecular weight is 495 g/mol. The van der Waals surface area contributed by atoms with Gasteiger partial charge in [-0.2, -0.15) is 0 Å². The molecule has 0 bridgehead atoms. The Morgan fingerprint density at radius 3 is 2.11 bits per heavy atom. The van der Waals surface area contributed by atoms with Gasteiger partial charge in [-0.05, 0) is 69.6 Å². The first-order valence-corrected chi connectivity index (χ1v) is 9.71. The molecule has 0 radical (unpaired) electrons. The molecule has 1 aliphatic rings. The van der Waals surface area contributed by atoms with E-state index < -0.39 is 0 Å². The maximum Gasteiger partial charge on any atom is 0.231 e. The number of hydrogen-bond donors (Lipinski definition) is 0. The van der Waals surface area contributed by atoms with E-state index in [0.29, 0.717) is 29.5 Å². The van der Waals surface area contributed by atoms with Crippen LogP contribution >= 0.6 is 22.6 Å². The van der Waals surface area contributed by atoms with Crippen molar-refractivity contribution in [3.8, 4) is 23.0 Å². The van der Waals surface area contributed by atoms with Gasteiger partial charge in [0.1, 0.15) is 0 Å². The fourth-order valence-electron chi connectivity index (χ4n) is 3.10. The monoisotopic (exact) mass is 495 g/mol. The number of carbonyl (C=O) groups is 1. The predicted octanol–water partition coefficient (Wildman–Crippen LogP) is 3.88. The van der Waals surface area contributed by atoms with E-state index in [4.69, 9.17) is 18.9 Å². The number of fused-ring (bicyclic) bond motifs is 1. The number of methoxy groups -OCH3 is 4. The van der Waals surface area contributed by atoms with Crippen molar-refractivity contribution < 1.29 is 23.7 Å². The highest BCUT2D eigenvalue weighted by molar-refractivity contribution is 14.1. The quantitative estimate of drug-likeness (QED) is 0.570. The molecule has 0 saturated heterocycles. The van der Waals surface area contributed by atoms with Gasteiger partial charge in [0.2, 0.25) is 5.91 Å². The number of nitrogens with zero attached hydrogens (tertiary/aromatic N) is 1. The summed E-state index contributed by atoms with van der Waals surface area (Å²) in [6.07, 6.45) is 4.02. The van der Waals surface area contributed by atoms with Gasteiger partial charge >= 0.3 is 0 Å². The molecule has 1 amide bonds. The summed E-state index contributed by atoms with van der Waals surface area (Å²) in [5.74, 6) is 2.57. The molecular formula is C21H22INO5. The topological polar surface area (TPSA) is 57.2 Å². The molecule has 0 saturated carbocycles. The van der Waals surface area contributed by atoms with E-state index in [1.165, 1.54) is 0 Å². The minimum absolute atomic E-state index is 0.00723. The zero-order chi connectivity index (χ0) is 20.3. The number of ether oxygens (including phenoxy) is 4. The van der Waals surface area contributed by atoms with Crippen molar-refractivity contribution in [2.75, 3.05) is 28.4 Å². The third-order valence-electron chi connectivity index (χ3n) is 4.63. The molecule has 6 nitrogen and oxygen atoms in total. The van der Waals surface area contributed by atoms with Crippen LogP contribution in [-0.2, 0) is 17.8 Å². The van der Waals surface area contributed by atoms with E-state index in [1.54, 1.807) is 33.3 Å². The number of rotatable bonds is 6. The average Bonchev–Trinajstić information content (AvgIpc) is 2.86. The number of hydrogen-bond acceptors (Lipinski definition) is 5. The number of carbonyl (C=O) groups excluding carboxylic acids is 1. The molecule has 0 N–H and O–H groups in total. The maximum atomic E-state index is 12.9. The Morgan fingerprint density at radius 1 is 0.893 bits per heavy atom. The molecule has 0 fully saturated rings. The third-order valence-corrected chi connectivity index (χ3v) is 5.64. The van der Waals surface area contributed by atoms with Gasteiger partial charge in [0.25, 0.3) is 0 Å². The van der Waals surface area contributed by atoms with Crippen LogP contribution in [0, 0.1) is 3.57 Å². The van der Waals surface area contributed by atoms with E-state index in [2.05, 4.69) is 22.6 Å². The first-order valence-electron chi connectivity index (χ1n) is 8.63. The lowest BCUT2D eigenvalue weighted by atomic mass is 10.0. The van der Waals surface area contributed by atoms with Crippen LogP contribution in [0.3, 0.4) is 0 Å². The molecule has 0 aromatic heterocycles. The van der Waals surface area contributed by atoms with Crippen molar-refractivity contribution in [3.05, 3.63) is 50.7 Å². The summed E-state index contributed by atoms with van der Waals surface area (Å²) in [5, 5.41) is 0. The van der Waals surface area contributed by atoms with Crippen LogP contribution in [0.15, 0.2) is 30.5 Å². The van der Waals surface area contributed by atoms with Gasteiger partial charge in [0.05, 0.1) is 41.4 Å². The fraction of sp³-hybridized carbons (Fsp3) is 0.286. The fourth-order valence-corrected chi connectivity index (χ4v) is 3.71. The van der Waals surface area contributed by atoms with Gasteiger partial charge < -0.3 is 23.8 Å². The molecule has 148 valence electrons. The second-order valence-corrected chi connectivity index (χ2v) is 7.38. The minimum Gasteiger partial charge on any atom is -0.493 e. The molecule has 2 aromatic rings. The van der Waals surface area contributed by atoms with Gasteiger partial charge in [0, 0.05) is 9.77 Å². The van der Waals surface area contributed by atoms with Gasteiger partial charge in [-0.25, -0.2) is 0 Å². The van der Waals surface area contributed by atoms with Crippen LogP contribution in [0.1, 0.15) is 16.7 Å². The van der Waals surface area contributed by atoms with Crippen molar-refractivity contribution in [1.29, 1.82) is 0 Å². The Kier molecular flexibility index (Phi) is 6.33. The SMILES string of the molecule is COc1cc(I)c(CN2C=Cc3cc(OC)c(OC)cc3CC2=O)cc1OC. The molecule has 1 heterocycles. The van der Waals surface area contributed by atoms with Crippen molar-refractivity contribution >= 4 is 34.6 Å². The summed E-state index contributed by atoms with van der Waals surface area (Å²) < 4.78 is 22.5. The first-order chi connectivity index (χ1) is 13.5. The van der Waals surface area contributed by atoms with Gasteiger partial charge in [-0.15, -0.1) is 0 Å². The predicted molar refractivity (Wildman–Crippen MR) is 115 cm³/mol. The van der Waals surface area contributed by atoms with E-state index in [0.717, 1.165) is 20.3 Å². The highest BCUT2D eigenvalue weighted by Crippen LogP contribution is 2.34. The van der Waals surface area contributed by atoms with Crippen LogP contribution in [-0.4, -0.2) is 39.2 Å². The summed E-state index contributed by atoms with van der Waals surface area (Å²) >= 11 is 2.24. The Labute approximate surface area is 178 Å². The highest BCUT2D eigenvalue weighted by atomic mass is 127. The summed E-state index contributed by atoms with van der Waals surface area (Å²) in [6.45, 7) is 0.441. The summed E-state index contributed by atoms with van der Waals surface area (Å²) in [5.41, 5.74) is 2.83. The number of amides is 1. The Bertz CT molecular complexity index is 925. The van der Waals surface area contributed by atoms with Crippen LogP contribution in [0.25, 0.3) is 6.08 Å². The van der Waals surface area contributed by atoms with Crippen molar-refractivity contribution in [2.24, 2.45) is 0 Å². The number of benzene rings is 2. The van der Waals surface area contributed by atoms with Gasteiger partial charge in [-0.1, -0.05) is 0 Å². The first kappa shape index (κ1) is 20.3. The van der Waals surface area contributed by atoms with E-state index in [1.807, 2.05) is 36.5 Å². The van der Waals surface area contributed by atoms with Crippen molar-refractivity contribution in [1.82, 2.24) is 4.90 Å². The van der Waals surface area contributed by atoms with Crippen molar-refractivity contribution in [3.63, 3.8) is 0 Å². The van der Waals surface area contributed by atoms with E-state index >= 15 is 0 Å². The lowest BCUT2D eigenvalue weighted by molar-refractivity contribution is -0.128. The van der Waals surface area contributed by atoms with E-state index in [9.17, 15) is 4.79 Å². The van der Waals surface area contributed by atoms with Crippen LogP contribution in [0.2, 0.25) is 0 Å². The minimum atomic E-state index is 0.00723. The summed E-state index contributed by atoms with van der Waals surface area (Å²) in [6, 6.07) is 7.57. The maximum absolute atomic E-state index is 12.9. The molecule has 7 heteroatoms. The molecule has 0 atom stereocenters. The molecule has 0 aliphatic carbocycles. The largest absolute Gasteiger partial charge is 0.493 e. The molecule has 0 spiro atoms. The zero-order valence-electron chi connectivity index (χ0n) is 16.2. The van der Waals surface area contributed by atoms with E-state index in [-0.39, 0.29) is 12.3 Å². The van der Waals surface area contributed by atoms with Crippen LogP contribution in [0.4, 0.5) is 0 Å². The van der Waals surface area contributed by atoms with Gasteiger partial charge in [-0.3, -0.25) is 4.79 Å². The second-order valence-electron chi connectivity index (χ2n) is 6.22. The zero-order valence-corrected chi connectivity index (χ0v) is 18.4. The molecule has 0 unspecified atom stereocenters. The Morgan fingerprint density at radius 2 is 1.46 bits per heavy atom. The number of halogens is 1. The molecule has 1 aliphatic heterocycles. The Balaban J connectivity index is 1.90.